The Morgan fingerprint density at radius 3 is 2.32 bits per heavy atom. The number of pyridine rings is 1. The lowest BCUT2D eigenvalue weighted by Crippen LogP contribution is -2.09. The van der Waals surface area contributed by atoms with E-state index in [9.17, 15) is 8.42 Å². The van der Waals surface area contributed by atoms with Gasteiger partial charge in [-0.25, -0.2) is 13.4 Å². The van der Waals surface area contributed by atoms with E-state index < -0.39 is 9.84 Å². The highest BCUT2D eigenvalue weighted by Crippen LogP contribution is 2.27. The van der Waals surface area contributed by atoms with Crippen LogP contribution in [0.1, 0.15) is 27.8 Å². The lowest BCUT2D eigenvalue weighted by molar-refractivity contribution is 0.461. The summed E-state index contributed by atoms with van der Waals surface area (Å²) in [5, 5.41) is 9.12. The Kier molecular flexibility index (Phi) is 5.48. The molecule has 0 atom stereocenters. The number of aromatic nitrogens is 1. The van der Waals surface area contributed by atoms with Crippen LogP contribution in [-0.4, -0.2) is 13.4 Å². The molecule has 0 aliphatic rings. The number of ether oxygens (including phenoxy) is 1. The molecule has 1 heterocycles. The van der Waals surface area contributed by atoms with Crippen LogP contribution in [0.15, 0.2) is 59.6 Å². The summed E-state index contributed by atoms with van der Waals surface area (Å²) in [6.07, 6.45) is 1.49. The van der Waals surface area contributed by atoms with Crippen LogP contribution in [0.3, 0.4) is 0 Å². The molecule has 6 heteroatoms. The second-order valence-corrected chi connectivity index (χ2v) is 8.63. The smallest absolute Gasteiger partial charge is 0.219 e. The molecule has 0 saturated heterocycles. The summed E-state index contributed by atoms with van der Waals surface area (Å²) in [4.78, 5) is 4.57. The minimum Gasteiger partial charge on any atom is -0.438 e. The van der Waals surface area contributed by atoms with Gasteiger partial charge < -0.3 is 4.74 Å². The van der Waals surface area contributed by atoms with E-state index in [1.807, 2.05) is 32.9 Å². The molecule has 0 N–H and O–H groups in total. The molecule has 0 radical (unpaired) electrons. The number of aryl methyl sites for hydroxylation is 3. The van der Waals surface area contributed by atoms with Crippen LogP contribution in [0.4, 0.5) is 0 Å². The Morgan fingerprint density at radius 1 is 1.04 bits per heavy atom. The van der Waals surface area contributed by atoms with Gasteiger partial charge in [-0.2, -0.15) is 5.26 Å². The number of rotatable bonds is 5. The molecule has 142 valence electrons. The molecule has 5 nitrogen and oxygen atoms in total. The molecule has 0 amide bonds. The molecule has 0 saturated carbocycles. The van der Waals surface area contributed by atoms with Crippen molar-refractivity contribution in [2.75, 3.05) is 0 Å². The summed E-state index contributed by atoms with van der Waals surface area (Å²) >= 11 is 0. The lowest BCUT2D eigenvalue weighted by Gasteiger charge is -2.12. The molecular weight excluding hydrogens is 372 g/mol. The zero-order valence-corrected chi connectivity index (χ0v) is 16.7. The maximum atomic E-state index is 12.9. The summed E-state index contributed by atoms with van der Waals surface area (Å²) in [5.41, 5.74) is 3.51. The predicted molar refractivity (Wildman–Crippen MR) is 107 cm³/mol. The summed E-state index contributed by atoms with van der Waals surface area (Å²) in [5.74, 6) is 0.565. The van der Waals surface area contributed by atoms with E-state index in [-0.39, 0.29) is 5.75 Å². The number of hydrogen-bond acceptors (Lipinski definition) is 5. The fourth-order valence-electron chi connectivity index (χ4n) is 3.27. The van der Waals surface area contributed by atoms with Crippen molar-refractivity contribution in [3.63, 3.8) is 0 Å². The van der Waals surface area contributed by atoms with Crippen molar-refractivity contribution in [3.05, 3.63) is 82.5 Å². The van der Waals surface area contributed by atoms with Crippen molar-refractivity contribution in [2.45, 2.75) is 31.4 Å². The highest BCUT2D eigenvalue weighted by molar-refractivity contribution is 7.90. The maximum Gasteiger partial charge on any atom is 0.219 e. The number of nitrogens with zero attached hydrogens (tertiary/aromatic N) is 2. The third-order valence-electron chi connectivity index (χ3n) is 4.29. The van der Waals surface area contributed by atoms with Crippen LogP contribution in [0.25, 0.3) is 0 Å². The van der Waals surface area contributed by atoms with Gasteiger partial charge in [0.2, 0.25) is 5.88 Å². The predicted octanol–water partition coefficient (Wildman–Crippen LogP) is 4.64. The minimum absolute atomic E-state index is 0.139. The molecule has 2 aromatic carbocycles. The highest BCUT2D eigenvalue weighted by Gasteiger charge is 2.21. The van der Waals surface area contributed by atoms with E-state index in [0.29, 0.717) is 27.7 Å². The molecule has 0 aliphatic heterocycles. The Labute approximate surface area is 165 Å². The number of nitriles is 1. The molecule has 0 spiro atoms. The topological polar surface area (TPSA) is 80.0 Å². The van der Waals surface area contributed by atoms with Crippen LogP contribution >= 0.6 is 0 Å². The number of benzene rings is 2. The van der Waals surface area contributed by atoms with Gasteiger partial charge in [-0.1, -0.05) is 35.9 Å². The van der Waals surface area contributed by atoms with Crippen molar-refractivity contribution in [3.8, 4) is 17.7 Å². The van der Waals surface area contributed by atoms with E-state index in [0.717, 1.165) is 16.7 Å². The maximum absolute atomic E-state index is 12.9. The first kappa shape index (κ1) is 19.6. The van der Waals surface area contributed by atoms with Crippen LogP contribution < -0.4 is 4.74 Å². The van der Waals surface area contributed by atoms with Crippen molar-refractivity contribution in [1.82, 2.24) is 4.98 Å². The quantitative estimate of drug-likeness (QED) is 0.632. The first-order valence-electron chi connectivity index (χ1n) is 8.72. The molecule has 1 aromatic heterocycles. The van der Waals surface area contributed by atoms with Gasteiger partial charge in [0.1, 0.15) is 11.8 Å². The number of hydrogen-bond donors (Lipinski definition) is 0. The first-order chi connectivity index (χ1) is 13.3. The van der Waals surface area contributed by atoms with Gasteiger partial charge in [0.05, 0.1) is 16.2 Å². The van der Waals surface area contributed by atoms with Crippen LogP contribution in [0, 0.1) is 32.1 Å². The van der Waals surface area contributed by atoms with Crippen molar-refractivity contribution in [1.29, 1.82) is 5.26 Å². The van der Waals surface area contributed by atoms with Gasteiger partial charge in [0.25, 0.3) is 0 Å². The molecule has 0 unspecified atom stereocenters. The molecule has 3 aromatic rings. The number of sulfone groups is 1. The second-order valence-electron chi connectivity index (χ2n) is 6.70. The third-order valence-corrected chi connectivity index (χ3v) is 6.27. The largest absolute Gasteiger partial charge is 0.438 e. The number of para-hydroxylation sites is 1. The van der Waals surface area contributed by atoms with Gasteiger partial charge in [0.15, 0.2) is 9.84 Å². The standard InChI is InChI=1S/C22H20N2O3S/c1-15-10-16(2)22(17(3)11-15)28(25,26)14-18-8-9-21(24-13-18)27-20-7-5-4-6-19(20)12-23/h4-11,13H,14H2,1-3H3. The molecule has 28 heavy (non-hydrogen) atoms. The van der Waals surface area contributed by atoms with E-state index in [2.05, 4.69) is 11.1 Å². The Bertz CT molecular complexity index is 1140. The monoisotopic (exact) mass is 392 g/mol. The summed E-state index contributed by atoms with van der Waals surface area (Å²) < 4.78 is 31.5. The minimum atomic E-state index is -3.50. The average molecular weight is 392 g/mol. The normalized spacial score (nSPS) is 11.1. The van der Waals surface area contributed by atoms with E-state index in [1.54, 1.807) is 36.4 Å². The lowest BCUT2D eigenvalue weighted by atomic mass is 10.1. The molecule has 0 bridgehead atoms. The Balaban J connectivity index is 1.82. The van der Waals surface area contributed by atoms with Crippen molar-refractivity contribution < 1.29 is 13.2 Å². The van der Waals surface area contributed by atoms with E-state index in [4.69, 9.17) is 10.00 Å². The first-order valence-corrected chi connectivity index (χ1v) is 10.4. The second kappa shape index (κ2) is 7.83. The zero-order chi connectivity index (χ0) is 20.3. The molecular formula is C22H20N2O3S. The highest BCUT2D eigenvalue weighted by atomic mass is 32.2. The summed E-state index contributed by atoms with van der Waals surface area (Å²) in [7, 11) is -3.50. The summed E-state index contributed by atoms with van der Waals surface area (Å²) in [6.45, 7) is 5.58. The average Bonchev–Trinajstić information content (AvgIpc) is 2.62. The zero-order valence-electron chi connectivity index (χ0n) is 15.9. The van der Waals surface area contributed by atoms with Crippen molar-refractivity contribution in [2.24, 2.45) is 0 Å². The van der Waals surface area contributed by atoms with Gasteiger partial charge in [-0.3, -0.25) is 0 Å². The van der Waals surface area contributed by atoms with Gasteiger partial charge >= 0.3 is 0 Å². The van der Waals surface area contributed by atoms with Gasteiger partial charge in [-0.15, -0.1) is 0 Å². The SMILES string of the molecule is Cc1cc(C)c(S(=O)(=O)Cc2ccc(Oc3ccccc3C#N)nc2)c(C)c1. The van der Waals surface area contributed by atoms with Gasteiger partial charge in [-0.05, 0) is 49.6 Å². The van der Waals surface area contributed by atoms with Gasteiger partial charge in [0, 0.05) is 12.3 Å². The molecule has 0 fully saturated rings. The van der Waals surface area contributed by atoms with E-state index in [1.165, 1.54) is 6.20 Å². The van der Waals surface area contributed by atoms with Crippen molar-refractivity contribution >= 4 is 9.84 Å². The molecule has 3 rings (SSSR count). The Hall–Kier alpha value is -3.17. The van der Waals surface area contributed by atoms with E-state index >= 15 is 0 Å². The van der Waals surface area contributed by atoms with Crippen LogP contribution in [-0.2, 0) is 15.6 Å². The van der Waals surface area contributed by atoms with Crippen LogP contribution in [0.2, 0.25) is 0 Å². The Morgan fingerprint density at radius 2 is 1.71 bits per heavy atom. The fourth-order valence-corrected chi connectivity index (χ4v) is 5.12. The van der Waals surface area contributed by atoms with Crippen LogP contribution in [0.5, 0.6) is 11.6 Å². The molecule has 0 aliphatic carbocycles. The summed E-state index contributed by atoms with van der Waals surface area (Å²) in [6, 6.07) is 15.9. The fraction of sp³-hybridized carbons (Fsp3) is 0.182. The third kappa shape index (κ3) is 4.21.